The number of sulfonamides is 1. The summed E-state index contributed by atoms with van der Waals surface area (Å²) >= 11 is 3.32. The van der Waals surface area contributed by atoms with Crippen molar-refractivity contribution in [3.05, 3.63) is 28.2 Å². The Kier molecular flexibility index (Phi) is 5.12. The largest absolute Gasteiger partial charge is 0.395 e. The van der Waals surface area contributed by atoms with Crippen molar-refractivity contribution in [2.45, 2.75) is 31.2 Å². The molecule has 4 nitrogen and oxygen atoms in total. The molecule has 0 spiro atoms. The van der Waals surface area contributed by atoms with Gasteiger partial charge in [-0.3, -0.25) is 0 Å². The monoisotopic (exact) mass is 321 g/mol. The van der Waals surface area contributed by atoms with E-state index in [-0.39, 0.29) is 11.5 Å². The van der Waals surface area contributed by atoms with Gasteiger partial charge in [0.15, 0.2) is 0 Å². The van der Waals surface area contributed by atoms with E-state index in [0.717, 1.165) is 10.0 Å². The first-order valence-electron chi connectivity index (χ1n) is 5.30. The summed E-state index contributed by atoms with van der Waals surface area (Å²) < 4.78 is 27.3. The van der Waals surface area contributed by atoms with Crippen molar-refractivity contribution in [2.24, 2.45) is 0 Å². The van der Waals surface area contributed by atoms with Gasteiger partial charge in [0.05, 0.1) is 11.5 Å². The van der Waals surface area contributed by atoms with Crippen LogP contribution in [0.2, 0.25) is 0 Å². The molecule has 1 aromatic carbocycles. The minimum atomic E-state index is -3.55. The molecule has 0 fully saturated rings. The fourth-order valence-electron chi connectivity index (χ4n) is 1.32. The SMILES string of the molecule is CC[C@H](CO)NS(=O)(=O)c1ccc(Br)c(C)c1. The Bertz CT molecular complexity index is 483. The van der Waals surface area contributed by atoms with E-state index in [4.69, 9.17) is 5.11 Å². The first-order chi connectivity index (χ1) is 7.90. The molecule has 0 saturated heterocycles. The molecule has 0 unspecified atom stereocenters. The second-order valence-corrected chi connectivity index (χ2v) is 6.39. The van der Waals surface area contributed by atoms with E-state index in [2.05, 4.69) is 20.7 Å². The molecule has 0 aliphatic heterocycles. The molecule has 1 rings (SSSR count). The van der Waals surface area contributed by atoms with Gasteiger partial charge in [-0.1, -0.05) is 22.9 Å². The molecular weight excluding hydrogens is 306 g/mol. The molecule has 0 radical (unpaired) electrons. The van der Waals surface area contributed by atoms with Crippen molar-refractivity contribution in [3.63, 3.8) is 0 Å². The summed E-state index contributed by atoms with van der Waals surface area (Å²) in [6.07, 6.45) is 0.547. The third kappa shape index (κ3) is 3.77. The number of halogens is 1. The normalized spacial score (nSPS) is 13.6. The number of nitrogens with one attached hydrogen (secondary N) is 1. The predicted molar refractivity (Wildman–Crippen MR) is 70.4 cm³/mol. The van der Waals surface area contributed by atoms with Gasteiger partial charge in [0.1, 0.15) is 0 Å². The Hall–Kier alpha value is -0.430. The predicted octanol–water partition coefficient (Wildman–Crippen LogP) is 1.81. The van der Waals surface area contributed by atoms with Gasteiger partial charge in [0.2, 0.25) is 10.0 Å². The molecule has 6 heteroatoms. The molecule has 0 amide bonds. The zero-order valence-electron chi connectivity index (χ0n) is 9.77. The molecular formula is C11H16BrNO3S. The van der Waals surface area contributed by atoms with Gasteiger partial charge in [0, 0.05) is 10.5 Å². The van der Waals surface area contributed by atoms with Crippen LogP contribution in [0.15, 0.2) is 27.6 Å². The first-order valence-corrected chi connectivity index (χ1v) is 7.57. The summed E-state index contributed by atoms with van der Waals surface area (Å²) in [5, 5.41) is 9.00. The quantitative estimate of drug-likeness (QED) is 0.869. The molecule has 17 heavy (non-hydrogen) atoms. The zero-order chi connectivity index (χ0) is 13.1. The van der Waals surface area contributed by atoms with E-state index in [0.29, 0.717) is 6.42 Å². The number of rotatable bonds is 5. The van der Waals surface area contributed by atoms with Crippen LogP contribution in [-0.2, 0) is 10.0 Å². The second-order valence-electron chi connectivity index (χ2n) is 3.82. The van der Waals surface area contributed by atoms with Gasteiger partial charge in [-0.15, -0.1) is 0 Å². The average molecular weight is 322 g/mol. The standard InChI is InChI=1S/C11H16BrNO3S/c1-3-9(7-14)13-17(15,16)10-4-5-11(12)8(2)6-10/h4-6,9,13-14H,3,7H2,1-2H3/t9-/m1/s1. The van der Waals surface area contributed by atoms with E-state index in [1.54, 1.807) is 12.1 Å². The molecule has 0 bridgehead atoms. The molecule has 1 aromatic rings. The lowest BCUT2D eigenvalue weighted by Crippen LogP contribution is -2.36. The lowest BCUT2D eigenvalue weighted by Gasteiger charge is -2.14. The maximum absolute atomic E-state index is 12.0. The van der Waals surface area contributed by atoms with Crippen molar-refractivity contribution in [2.75, 3.05) is 6.61 Å². The van der Waals surface area contributed by atoms with Crippen LogP contribution >= 0.6 is 15.9 Å². The van der Waals surface area contributed by atoms with Crippen LogP contribution in [0.1, 0.15) is 18.9 Å². The Morgan fingerprint density at radius 3 is 2.59 bits per heavy atom. The number of aliphatic hydroxyl groups excluding tert-OH is 1. The molecule has 0 aromatic heterocycles. The third-order valence-corrected chi connectivity index (χ3v) is 4.88. The minimum absolute atomic E-state index is 0.203. The highest BCUT2D eigenvalue weighted by Gasteiger charge is 2.18. The summed E-state index contributed by atoms with van der Waals surface area (Å²) in [6, 6.07) is 4.38. The second kappa shape index (κ2) is 5.95. The fraction of sp³-hybridized carbons (Fsp3) is 0.455. The fourth-order valence-corrected chi connectivity index (χ4v) is 2.96. The smallest absolute Gasteiger partial charge is 0.240 e. The van der Waals surface area contributed by atoms with Crippen molar-refractivity contribution in [3.8, 4) is 0 Å². The topological polar surface area (TPSA) is 66.4 Å². The molecule has 2 N–H and O–H groups in total. The van der Waals surface area contributed by atoms with Gasteiger partial charge >= 0.3 is 0 Å². The minimum Gasteiger partial charge on any atom is -0.395 e. The summed E-state index contributed by atoms with van der Waals surface area (Å²) in [4.78, 5) is 0.213. The maximum atomic E-state index is 12.0. The number of benzene rings is 1. The zero-order valence-corrected chi connectivity index (χ0v) is 12.2. The van der Waals surface area contributed by atoms with Crippen LogP contribution in [0, 0.1) is 6.92 Å². The van der Waals surface area contributed by atoms with Gasteiger partial charge < -0.3 is 5.11 Å². The van der Waals surface area contributed by atoms with Gasteiger partial charge in [-0.2, -0.15) is 0 Å². The van der Waals surface area contributed by atoms with Gasteiger partial charge in [0.25, 0.3) is 0 Å². The van der Waals surface area contributed by atoms with Crippen LogP contribution in [0.4, 0.5) is 0 Å². The van der Waals surface area contributed by atoms with Crippen LogP contribution in [-0.4, -0.2) is 26.2 Å². The van der Waals surface area contributed by atoms with E-state index < -0.39 is 16.1 Å². The Morgan fingerprint density at radius 1 is 1.47 bits per heavy atom. The summed E-state index contributed by atoms with van der Waals surface area (Å²) in [7, 11) is -3.55. The summed E-state index contributed by atoms with van der Waals surface area (Å²) in [5.41, 5.74) is 0.852. The summed E-state index contributed by atoms with van der Waals surface area (Å²) in [6.45, 7) is 3.44. The van der Waals surface area contributed by atoms with E-state index >= 15 is 0 Å². The highest BCUT2D eigenvalue weighted by molar-refractivity contribution is 9.10. The molecule has 0 saturated carbocycles. The average Bonchev–Trinajstić information content (AvgIpc) is 2.29. The molecule has 0 aliphatic carbocycles. The number of aliphatic hydroxyl groups is 1. The Labute approximate surface area is 110 Å². The highest BCUT2D eigenvalue weighted by Crippen LogP contribution is 2.20. The number of hydrogen-bond donors (Lipinski definition) is 2. The van der Waals surface area contributed by atoms with Crippen molar-refractivity contribution < 1.29 is 13.5 Å². The van der Waals surface area contributed by atoms with Crippen molar-refractivity contribution in [1.82, 2.24) is 4.72 Å². The number of hydrogen-bond acceptors (Lipinski definition) is 3. The number of aryl methyl sites for hydroxylation is 1. The molecule has 0 heterocycles. The molecule has 1 atom stereocenters. The lowest BCUT2D eigenvalue weighted by atomic mass is 10.2. The van der Waals surface area contributed by atoms with E-state index in [9.17, 15) is 8.42 Å². The van der Waals surface area contributed by atoms with Crippen molar-refractivity contribution >= 4 is 26.0 Å². The Morgan fingerprint density at radius 2 is 2.12 bits per heavy atom. The van der Waals surface area contributed by atoms with Gasteiger partial charge in [-0.25, -0.2) is 13.1 Å². The van der Waals surface area contributed by atoms with E-state index in [1.165, 1.54) is 6.07 Å². The summed E-state index contributed by atoms with van der Waals surface area (Å²) in [5.74, 6) is 0. The van der Waals surface area contributed by atoms with E-state index in [1.807, 2.05) is 13.8 Å². The lowest BCUT2D eigenvalue weighted by molar-refractivity contribution is 0.254. The van der Waals surface area contributed by atoms with Crippen LogP contribution in [0.25, 0.3) is 0 Å². The Balaban J connectivity index is 3.01. The van der Waals surface area contributed by atoms with Crippen LogP contribution in [0.3, 0.4) is 0 Å². The van der Waals surface area contributed by atoms with Crippen molar-refractivity contribution in [1.29, 1.82) is 0 Å². The third-order valence-electron chi connectivity index (χ3n) is 2.47. The molecule has 0 aliphatic rings. The van der Waals surface area contributed by atoms with Crippen LogP contribution in [0.5, 0.6) is 0 Å². The maximum Gasteiger partial charge on any atom is 0.240 e. The highest BCUT2D eigenvalue weighted by atomic mass is 79.9. The van der Waals surface area contributed by atoms with Crippen LogP contribution < -0.4 is 4.72 Å². The van der Waals surface area contributed by atoms with Gasteiger partial charge in [-0.05, 0) is 37.1 Å². The molecule has 96 valence electrons. The first kappa shape index (κ1) is 14.6.